The van der Waals surface area contributed by atoms with Gasteiger partial charge in [0.1, 0.15) is 23.8 Å². The van der Waals surface area contributed by atoms with Crippen molar-refractivity contribution >= 4 is 28.6 Å². The molecule has 0 spiro atoms. The summed E-state index contributed by atoms with van der Waals surface area (Å²) in [6, 6.07) is 13.7. The van der Waals surface area contributed by atoms with Crippen molar-refractivity contribution in [2.75, 3.05) is 12.4 Å². The number of nitrogens with one attached hydrogen (secondary N) is 1. The lowest BCUT2D eigenvalue weighted by atomic mass is 10.2. The van der Waals surface area contributed by atoms with Crippen LogP contribution in [0.3, 0.4) is 0 Å². The van der Waals surface area contributed by atoms with E-state index in [1.807, 2.05) is 36.6 Å². The van der Waals surface area contributed by atoms with Crippen LogP contribution < -0.4 is 14.8 Å². The molecule has 0 bridgehead atoms. The zero-order valence-corrected chi connectivity index (χ0v) is 16.1. The Morgan fingerprint density at radius 1 is 1.14 bits per heavy atom. The normalized spacial score (nSPS) is 10.4. The predicted molar refractivity (Wildman–Crippen MR) is 107 cm³/mol. The highest BCUT2D eigenvalue weighted by Crippen LogP contribution is 2.30. The van der Waals surface area contributed by atoms with Gasteiger partial charge in [-0.2, -0.15) is 0 Å². The SMILES string of the molecule is COc1ccc(NC(=O)c2cc(COc3ccc(C)cc3)cs2)c([N+](=O)[O-])c1. The Morgan fingerprint density at radius 2 is 1.86 bits per heavy atom. The molecule has 0 unspecified atom stereocenters. The molecule has 144 valence electrons. The van der Waals surface area contributed by atoms with Crippen LogP contribution in [-0.4, -0.2) is 17.9 Å². The van der Waals surface area contributed by atoms with Gasteiger partial charge in [0.05, 0.1) is 23.0 Å². The first-order chi connectivity index (χ1) is 13.5. The molecule has 8 heteroatoms. The molecule has 0 aliphatic heterocycles. The Balaban J connectivity index is 1.67. The van der Waals surface area contributed by atoms with Crippen molar-refractivity contribution in [1.29, 1.82) is 0 Å². The average molecular weight is 398 g/mol. The van der Waals surface area contributed by atoms with Crippen molar-refractivity contribution in [2.45, 2.75) is 13.5 Å². The second kappa shape index (κ2) is 8.53. The number of rotatable bonds is 7. The lowest BCUT2D eigenvalue weighted by Gasteiger charge is -2.06. The number of ether oxygens (including phenoxy) is 2. The highest BCUT2D eigenvalue weighted by atomic mass is 32.1. The summed E-state index contributed by atoms with van der Waals surface area (Å²) in [5, 5.41) is 15.6. The number of nitro groups is 1. The zero-order chi connectivity index (χ0) is 20.1. The van der Waals surface area contributed by atoms with E-state index in [4.69, 9.17) is 9.47 Å². The van der Waals surface area contributed by atoms with Gasteiger partial charge in [-0.3, -0.25) is 14.9 Å². The van der Waals surface area contributed by atoms with Gasteiger partial charge >= 0.3 is 0 Å². The van der Waals surface area contributed by atoms with Crippen LogP contribution in [0.25, 0.3) is 0 Å². The van der Waals surface area contributed by atoms with Crippen LogP contribution in [0, 0.1) is 17.0 Å². The maximum absolute atomic E-state index is 12.5. The van der Waals surface area contributed by atoms with Crippen molar-refractivity contribution in [3.8, 4) is 11.5 Å². The molecule has 7 nitrogen and oxygen atoms in total. The van der Waals surface area contributed by atoms with Crippen LogP contribution in [0.1, 0.15) is 20.8 Å². The Kier molecular flexibility index (Phi) is 5.90. The maximum atomic E-state index is 12.5. The minimum atomic E-state index is -0.562. The molecule has 3 aromatic rings. The number of methoxy groups -OCH3 is 1. The largest absolute Gasteiger partial charge is 0.496 e. The fourth-order valence-electron chi connectivity index (χ4n) is 2.45. The van der Waals surface area contributed by atoms with Crippen LogP contribution >= 0.6 is 11.3 Å². The highest BCUT2D eigenvalue weighted by molar-refractivity contribution is 7.12. The number of nitro benzene ring substituents is 1. The number of carbonyl (C=O) groups excluding carboxylic acids is 1. The average Bonchev–Trinajstić information content (AvgIpc) is 3.17. The standard InChI is InChI=1S/C20H18N2O5S/c1-13-3-5-15(6-4-13)27-11-14-9-19(28-12-14)20(23)21-17-8-7-16(26-2)10-18(17)22(24)25/h3-10,12H,11H2,1-2H3,(H,21,23). The summed E-state index contributed by atoms with van der Waals surface area (Å²) < 4.78 is 10.7. The topological polar surface area (TPSA) is 90.7 Å². The molecule has 1 heterocycles. The molecule has 0 aliphatic carbocycles. The molecule has 0 atom stereocenters. The van der Waals surface area contributed by atoms with Gasteiger partial charge in [0.25, 0.3) is 11.6 Å². The van der Waals surface area contributed by atoms with E-state index in [0.29, 0.717) is 17.2 Å². The molecule has 0 radical (unpaired) electrons. The number of hydrogen-bond donors (Lipinski definition) is 1. The van der Waals surface area contributed by atoms with Crippen LogP contribution in [0.2, 0.25) is 0 Å². The first-order valence-corrected chi connectivity index (χ1v) is 9.25. The van der Waals surface area contributed by atoms with E-state index in [0.717, 1.165) is 16.9 Å². The second-order valence-electron chi connectivity index (χ2n) is 6.02. The number of anilines is 1. The minimum absolute atomic E-state index is 0.113. The van der Waals surface area contributed by atoms with Gasteiger partial charge in [-0.15, -0.1) is 11.3 Å². The van der Waals surface area contributed by atoms with Crippen LogP contribution in [-0.2, 0) is 6.61 Å². The van der Waals surface area contributed by atoms with Gasteiger partial charge in [0.15, 0.2) is 0 Å². The molecule has 1 aromatic heterocycles. The number of carbonyl (C=O) groups is 1. The fourth-order valence-corrected chi connectivity index (χ4v) is 3.24. The van der Waals surface area contributed by atoms with Crippen molar-refractivity contribution in [3.05, 3.63) is 80.0 Å². The molecule has 28 heavy (non-hydrogen) atoms. The van der Waals surface area contributed by atoms with Crippen molar-refractivity contribution in [3.63, 3.8) is 0 Å². The third kappa shape index (κ3) is 4.66. The van der Waals surface area contributed by atoms with Crippen LogP contribution in [0.15, 0.2) is 53.9 Å². The van der Waals surface area contributed by atoms with Crippen molar-refractivity contribution < 1.29 is 19.2 Å². The zero-order valence-electron chi connectivity index (χ0n) is 15.3. The molecule has 3 rings (SSSR count). The summed E-state index contributed by atoms with van der Waals surface area (Å²) in [5.41, 5.74) is 1.88. The van der Waals surface area contributed by atoms with E-state index in [-0.39, 0.29) is 11.4 Å². The lowest BCUT2D eigenvalue weighted by Crippen LogP contribution is -2.11. The summed E-state index contributed by atoms with van der Waals surface area (Å²) in [5.74, 6) is 0.674. The summed E-state index contributed by atoms with van der Waals surface area (Å²) in [4.78, 5) is 23.6. The van der Waals surface area contributed by atoms with E-state index in [1.165, 1.54) is 30.6 Å². The summed E-state index contributed by atoms with van der Waals surface area (Å²) in [6.07, 6.45) is 0. The van der Waals surface area contributed by atoms with E-state index in [1.54, 1.807) is 12.1 Å². The third-order valence-corrected chi connectivity index (χ3v) is 4.93. The van der Waals surface area contributed by atoms with Crippen LogP contribution in [0.4, 0.5) is 11.4 Å². The number of aryl methyl sites for hydroxylation is 1. The first kappa shape index (κ1) is 19.4. The van der Waals surface area contributed by atoms with E-state index in [9.17, 15) is 14.9 Å². The van der Waals surface area contributed by atoms with E-state index < -0.39 is 10.8 Å². The number of nitrogens with zero attached hydrogens (tertiary/aromatic N) is 1. The quantitative estimate of drug-likeness (QED) is 0.456. The van der Waals surface area contributed by atoms with Crippen molar-refractivity contribution in [2.24, 2.45) is 0 Å². The predicted octanol–water partition coefficient (Wildman–Crippen LogP) is 4.80. The molecule has 0 fully saturated rings. The second-order valence-corrected chi connectivity index (χ2v) is 6.93. The Bertz CT molecular complexity index is 998. The Hall–Kier alpha value is -3.39. The first-order valence-electron chi connectivity index (χ1n) is 8.37. The van der Waals surface area contributed by atoms with Gasteiger partial charge in [-0.05, 0) is 42.6 Å². The highest BCUT2D eigenvalue weighted by Gasteiger charge is 2.19. The monoisotopic (exact) mass is 398 g/mol. The summed E-state index contributed by atoms with van der Waals surface area (Å²) in [7, 11) is 1.42. The molecule has 0 saturated carbocycles. The Labute approximate surface area is 165 Å². The maximum Gasteiger partial charge on any atom is 0.296 e. The lowest BCUT2D eigenvalue weighted by molar-refractivity contribution is -0.384. The van der Waals surface area contributed by atoms with E-state index >= 15 is 0 Å². The van der Waals surface area contributed by atoms with Crippen LogP contribution in [0.5, 0.6) is 11.5 Å². The minimum Gasteiger partial charge on any atom is -0.496 e. The fraction of sp³-hybridized carbons (Fsp3) is 0.150. The van der Waals surface area contributed by atoms with Gasteiger partial charge in [0.2, 0.25) is 0 Å². The van der Waals surface area contributed by atoms with Gasteiger partial charge in [-0.1, -0.05) is 17.7 Å². The number of amides is 1. The smallest absolute Gasteiger partial charge is 0.296 e. The molecule has 0 aliphatic rings. The van der Waals surface area contributed by atoms with Gasteiger partial charge in [0, 0.05) is 5.56 Å². The molecule has 1 N–H and O–H groups in total. The molecule has 1 amide bonds. The third-order valence-electron chi connectivity index (χ3n) is 3.95. The van der Waals surface area contributed by atoms with Crippen molar-refractivity contribution in [1.82, 2.24) is 0 Å². The Morgan fingerprint density at radius 3 is 2.54 bits per heavy atom. The summed E-state index contributed by atoms with van der Waals surface area (Å²) >= 11 is 1.25. The van der Waals surface area contributed by atoms with Gasteiger partial charge < -0.3 is 14.8 Å². The van der Waals surface area contributed by atoms with Gasteiger partial charge in [-0.25, -0.2) is 0 Å². The number of hydrogen-bond acceptors (Lipinski definition) is 6. The molecule has 0 saturated heterocycles. The van der Waals surface area contributed by atoms with E-state index in [2.05, 4.69) is 5.32 Å². The molecular formula is C20H18N2O5S. The number of thiophene rings is 1. The number of benzene rings is 2. The molecular weight excluding hydrogens is 380 g/mol. The molecule has 2 aromatic carbocycles. The summed E-state index contributed by atoms with van der Waals surface area (Å²) in [6.45, 7) is 2.33.